The Balaban J connectivity index is 1.26. The van der Waals surface area contributed by atoms with Crippen LogP contribution in [0.5, 0.6) is 0 Å². The van der Waals surface area contributed by atoms with Gasteiger partial charge < -0.3 is 15.0 Å². The third-order valence-corrected chi connectivity index (χ3v) is 7.90. The van der Waals surface area contributed by atoms with Crippen LogP contribution in [-0.2, 0) is 22.9 Å². The van der Waals surface area contributed by atoms with Gasteiger partial charge in [0, 0.05) is 48.8 Å². The number of nitrogens with zero attached hydrogens (tertiary/aromatic N) is 4. The minimum atomic E-state index is -4.53. The zero-order valence-electron chi connectivity index (χ0n) is 16.3. The van der Waals surface area contributed by atoms with Gasteiger partial charge in [0.05, 0.1) is 36.1 Å². The molecular weight excluding hydrogens is 395 g/mol. The summed E-state index contributed by atoms with van der Waals surface area (Å²) in [6, 6.07) is 2.14. The van der Waals surface area contributed by atoms with Crippen molar-refractivity contribution in [3.05, 3.63) is 29.8 Å². The van der Waals surface area contributed by atoms with Crippen molar-refractivity contribution in [2.45, 2.75) is 43.1 Å². The molecule has 3 aliphatic carbocycles. The number of alkyl halides is 3. The Hall–Kier alpha value is -2.13. The SMILES string of the molecule is Nc1ncc(-c2cn([C@@]34C5[C@H]3[C@H]4CN5C3COC3)c(CC3CC3)n2)cc1C(F)(F)F. The maximum atomic E-state index is 13.3. The molecular formula is C21H22F3N5O. The molecule has 30 heavy (non-hydrogen) atoms. The number of fused-ring (bicyclic) bond motifs is 1. The molecule has 158 valence electrons. The summed E-state index contributed by atoms with van der Waals surface area (Å²) in [6.07, 6.45) is 2.15. The van der Waals surface area contributed by atoms with Crippen LogP contribution in [0.2, 0.25) is 0 Å². The van der Waals surface area contributed by atoms with Crippen molar-refractivity contribution < 1.29 is 17.9 Å². The van der Waals surface area contributed by atoms with Crippen LogP contribution in [0.3, 0.4) is 0 Å². The summed E-state index contributed by atoms with van der Waals surface area (Å²) in [5.74, 6) is 2.46. The van der Waals surface area contributed by atoms with Crippen LogP contribution >= 0.6 is 0 Å². The first kappa shape index (κ1) is 17.5. The van der Waals surface area contributed by atoms with Crippen LogP contribution in [0.1, 0.15) is 24.2 Å². The summed E-state index contributed by atoms with van der Waals surface area (Å²) in [5, 5.41) is 0. The topological polar surface area (TPSA) is 69.2 Å². The number of anilines is 1. The van der Waals surface area contributed by atoms with Crippen molar-refractivity contribution in [1.29, 1.82) is 0 Å². The molecule has 2 bridgehead atoms. The fourth-order valence-corrected chi connectivity index (χ4v) is 6.02. The molecule has 2 aromatic heterocycles. The van der Waals surface area contributed by atoms with E-state index in [4.69, 9.17) is 15.5 Å². The predicted octanol–water partition coefficient (Wildman–Crippen LogP) is 2.54. The molecule has 6 aliphatic rings. The van der Waals surface area contributed by atoms with Crippen LogP contribution in [0.25, 0.3) is 11.3 Å². The third kappa shape index (κ3) is 2.17. The van der Waals surface area contributed by atoms with Crippen molar-refractivity contribution >= 4 is 5.82 Å². The molecule has 0 radical (unpaired) electrons. The van der Waals surface area contributed by atoms with E-state index in [-0.39, 0.29) is 5.54 Å². The summed E-state index contributed by atoms with van der Waals surface area (Å²) in [6.45, 7) is 2.72. The smallest absolute Gasteiger partial charge is 0.383 e. The minimum Gasteiger partial charge on any atom is -0.383 e. The summed E-state index contributed by atoms with van der Waals surface area (Å²) in [7, 11) is 0. The minimum absolute atomic E-state index is 0.110. The van der Waals surface area contributed by atoms with E-state index in [0.29, 0.717) is 41.1 Å². The summed E-state index contributed by atoms with van der Waals surface area (Å²) in [4.78, 5) is 11.2. The number of nitrogens with two attached hydrogens (primary N) is 1. The average Bonchev–Trinajstić information content (AvgIpc) is 3.57. The highest BCUT2D eigenvalue weighted by Crippen LogP contribution is 2.84. The third-order valence-electron chi connectivity index (χ3n) is 7.90. The highest BCUT2D eigenvalue weighted by atomic mass is 19.4. The molecule has 3 saturated heterocycles. The molecule has 9 heteroatoms. The van der Waals surface area contributed by atoms with Gasteiger partial charge in [-0.25, -0.2) is 9.97 Å². The molecule has 2 N–H and O–H groups in total. The number of hydrogen-bond donors (Lipinski definition) is 1. The highest BCUT2D eigenvalue weighted by Gasteiger charge is 2.94. The molecule has 2 aromatic rings. The van der Waals surface area contributed by atoms with Crippen molar-refractivity contribution in [2.75, 3.05) is 25.5 Å². The number of rotatable bonds is 5. The lowest BCUT2D eigenvalue weighted by molar-refractivity contribution is -0.137. The number of halogens is 3. The number of nitrogen functional groups attached to an aromatic ring is 1. The summed E-state index contributed by atoms with van der Waals surface area (Å²) in [5.41, 5.74) is 5.63. The van der Waals surface area contributed by atoms with E-state index in [1.807, 2.05) is 6.20 Å². The van der Waals surface area contributed by atoms with E-state index >= 15 is 0 Å². The largest absolute Gasteiger partial charge is 0.419 e. The van der Waals surface area contributed by atoms with Crippen LogP contribution in [0.15, 0.2) is 18.5 Å². The monoisotopic (exact) mass is 417 g/mol. The lowest BCUT2D eigenvalue weighted by Gasteiger charge is -2.34. The predicted molar refractivity (Wildman–Crippen MR) is 101 cm³/mol. The molecule has 5 heterocycles. The van der Waals surface area contributed by atoms with Crippen LogP contribution in [0.4, 0.5) is 19.0 Å². The quantitative estimate of drug-likeness (QED) is 0.810. The van der Waals surface area contributed by atoms with Crippen molar-refractivity contribution in [2.24, 2.45) is 17.8 Å². The number of hydrogen-bond acceptors (Lipinski definition) is 5. The molecule has 8 rings (SSSR count). The molecule has 0 aromatic carbocycles. The Bertz CT molecular complexity index is 1050. The van der Waals surface area contributed by atoms with Crippen LogP contribution in [0, 0.1) is 17.8 Å². The van der Waals surface area contributed by atoms with Gasteiger partial charge in [0.1, 0.15) is 11.6 Å². The normalized spacial score (nSPS) is 34.7. The Labute approximate surface area is 171 Å². The van der Waals surface area contributed by atoms with E-state index in [0.717, 1.165) is 38.1 Å². The fourth-order valence-electron chi connectivity index (χ4n) is 6.02. The average molecular weight is 417 g/mol. The lowest BCUT2D eigenvalue weighted by Crippen LogP contribution is -2.48. The molecule has 4 atom stereocenters. The first-order valence-corrected chi connectivity index (χ1v) is 10.6. The highest BCUT2D eigenvalue weighted by molar-refractivity contribution is 5.63. The summed E-state index contributed by atoms with van der Waals surface area (Å²) < 4.78 is 47.7. The van der Waals surface area contributed by atoms with E-state index in [1.54, 1.807) is 0 Å². The van der Waals surface area contributed by atoms with Gasteiger partial charge in [-0.05, 0) is 24.8 Å². The lowest BCUT2D eigenvalue weighted by atomic mass is 10.1. The van der Waals surface area contributed by atoms with E-state index < -0.39 is 17.6 Å². The van der Waals surface area contributed by atoms with Gasteiger partial charge in [-0.1, -0.05) is 0 Å². The van der Waals surface area contributed by atoms with Gasteiger partial charge in [0.15, 0.2) is 0 Å². The molecule has 1 unspecified atom stereocenters. The van der Waals surface area contributed by atoms with Crippen LogP contribution in [-0.4, -0.2) is 51.3 Å². The zero-order valence-corrected chi connectivity index (χ0v) is 16.3. The van der Waals surface area contributed by atoms with E-state index in [1.165, 1.54) is 19.0 Å². The van der Waals surface area contributed by atoms with Crippen molar-refractivity contribution in [1.82, 2.24) is 19.4 Å². The number of imidazole rings is 1. The zero-order chi connectivity index (χ0) is 20.4. The molecule has 6 nitrogen and oxygen atoms in total. The molecule has 0 amide bonds. The van der Waals surface area contributed by atoms with Gasteiger partial charge in [0.25, 0.3) is 0 Å². The molecule has 6 fully saturated rings. The van der Waals surface area contributed by atoms with Crippen molar-refractivity contribution in [3.63, 3.8) is 0 Å². The second-order valence-corrected chi connectivity index (χ2v) is 9.57. The Morgan fingerprint density at radius 2 is 2.07 bits per heavy atom. The van der Waals surface area contributed by atoms with Gasteiger partial charge in [-0.2, -0.15) is 13.2 Å². The fraction of sp³-hybridized carbons (Fsp3) is 0.619. The van der Waals surface area contributed by atoms with Gasteiger partial charge in [0.2, 0.25) is 0 Å². The van der Waals surface area contributed by atoms with Gasteiger partial charge in [-0.15, -0.1) is 0 Å². The standard InChI is InChI=1S/C21H22F3N5O/c22-21(23,24)13-4-11(5-26-19(13)25)15-7-29(16(27-15)3-10-1-2-10)20-14-6-28(12-8-30-9-12)18(20)17(14)20/h4-5,7,10,12,14,17-18H,1-3,6,8-9H2,(H2,25,26)/t14-,17-,18?,20-/m1/s1. The van der Waals surface area contributed by atoms with Crippen molar-refractivity contribution in [3.8, 4) is 11.3 Å². The molecule has 3 saturated carbocycles. The number of piperidine rings is 1. The van der Waals surface area contributed by atoms with Gasteiger partial charge >= 0.3 is 6.18 Å². The maximum absolute atomic E-state index is 13.3. The molecule has 0 spiro atoms. The summed E-state index contributed by atoms with van der Waals surface area (Å²) >= 11 is 0. The van der Waals surface area contributed by atoms with Gasteiger partial charge in [-0.3, -0.25) is 4.90 Å². The first-order valence-electron chi connectivity index (χ1n) is 10.6. The number of ether oxygens (including phenoxy) is 1. The first-order chi connectivity index (χ1) is 14.4. The number of pyridine rings is 1. The second-order valence-electron chi connectivity index (χ2n) is 9.57. The number of aromatic nitrogens is 3. The maximum Gasteiger partial charge on any atom is 0.419 e. The van der Waals surface area contributed by atoms with E-state index in [2.05, 4.69) is 14.5 Å². The van der Waals surface area contributed by atoms with Crippen LogP contribution < -0.4 is 5.73 Å². The molecule has 3 aliphatic heterocycles. The second kappa shape index (κ2) is 5.37. The Morgan fingerprint density at radius 1 is 1.27 bits per heavy atom. The Morgan fingerprint density at radius 3 is 2.70 bits per heavy atom. The van der Waals surface area contributed by atoms with E-state index in [9.17, 15) is 13.2 Å². The Kier molecular flexibility index (Phi) is 3.14.